The monoisotopic (exact) mass is 183 g/mol. The van der Waals surface area contributed by atoms with Crippen molar-refractivity contribution in [2.75, 3.05) is 0 Å². The Hall–Kier alpha value is -1.09. The van der Waals surface area contributed by atoms with Crippen LogP contribution < -0.4 is 5.73 Å². The lowest BCUT2D eigenvalue weighted by Crippen LogP contribution is -2.15. The predicted molar refractivity (Wildman–Crippen MR) is 50.0 cm³/mol. The van der Waals surface area contributed by atoms with E-state index in [-0.39, 0.29) is 17.6 Å². The van der Waals surface area contributed by atoms with Crippen LogP contribution in [0.4, 0.5) is 4.39 Å². The number of hydrogen-bond acceptors (Lipinski definition) is 2. The Kier molecular flexibility index (Phi) is 3.25. The molecule has 72 valence electrons. The van der Waals surface area contributed by atoms with Gasteiger partial charge in [0.15, 0.2) is 0 Å². The summed E-state index contributed by atoms with van der Waals surface area (Å²) < 4.78 is 13.1. The molecule has 0 aromatic heterocycles. The van der Waals surface area contributed by atoms with Gasteiger partial charge in [-0.15, -0.1) is 0 Å². The minimum absolute atomic E-state index is 0.0398. The van der Waals surface area contributed by atoms with Crippen molar-refractivity contribution >= 4 is 0 Å². The van der Waals surface area contributed by atoms with Gasteiger partial charge in [-0.2, -0.15) is 0 Å². The highest BCUT2D eigenvalue weighted by Gasteiger charge is 2.03. The van der Waals surface area contributed by atoms with E-state index < -0.39 is 0 Å². The van der Waals surface area contributed by atoms with Gasteiger partial charge in [-0.05, 0) is 31.4 Å². The van der Waals surface area contributed by atoms with Gasteiger partial charge < -0.3 is 10.8 Å². The average molecular weight is 183 g/mol. The second kappa shape index (κ2) is 4.23. The molecule has 1 aromatic rings. The molecule has 0 aliphatic carbocycles. The highest BCUT2D eigenvalue weighted by molar-refractivity contribution is 5.27. The van der Waals surface area contributed by atoms with Gasteiger partial charge in [-0.25, -0.2) is 4.39 Å². The van der Waals surface area contributed by atoms with Crippen LogP contribution >= 0.6 is 0 Å². The van der Waals surface area contributed by atoms with Crippen molar-refractivity contribution < 1.29 is 9.50 Å². The second-order valence-electron chi connectivity index (χ2n) is 3.29. The van der Waals surface area contributed by atoms with Crippen molar-refractivity contribution in [2.24, 2.45) is 5.73 Å². The third kappa shape index (κ3) is 3.03. The number of halogens is 1. The van der Waals surface area contributed by atoms with Crippen LogP contribution in [0.2, 0.25) is 0 Å². The van der Waals surface area contributed by atoms with Crippen LogP contribution in [0.25, 0.3) is 0 Å². The molecule has 0 aliphatic rings. The van der Waals surface area contributed by atoms with Crippen molar-refractivity contribution in [3.63, 3.8) is 0 Å². The summed E-state index contributed by atoms with van der Waals surface area (Å²) in [6.45, 7) is 1.89. The molecule has 3 N–H and O–H groups in total. The Morgan fingerprint density at radius 2 is 2.23 bits per heavy atom. The highest BCUT2D eigenvalue weighted by Crippen LogP contribution is 2.16. The van der Waals surface area contributed by atoms with E-state index in [4.69, 9.17) is 10.8 Å². The SMILES string of the molecule is C[C@@H](N)CCc1ccc(O)cc1F. The predicted octanol–water partition coefficient (Wildman–Crippen LogP) is 1.81. The average Bonchev–Trinajstić information content (AvgIpc) is 2.02. The molecule has 1 rings (SSSR count). The summed E-state index contributed by atoms with van der Waals surface area (Å²) in [5.41, 5.74) is 6.15. The summed E-state index contributed by atoms with van der Waals surface area (Å²) in [6.07, 6.45) is 1.37. The summed E-state index contributed by atoms with van der Waals surface area (Å²) in [5.74, 6) is -0.400. The van der Waals surface area contributed by atoms with E-state index in [1.54, 1.807) is 6.07 Å². The first kappa shape index (κ1) is 9.99. The van der Waals surface area contributed by atoms with Gasteiger partial charge in [0.25, 0.3) is 0 Å². The molecule has 13 heavy (non-hydrogen) atoms. The summed E-state index contributed by atoms with van der Waals surface area (Å²) in [7, 11) is 0. The molecule has 2 nitrogen and oxygen atoms in total. The molecule has 0 saturated carbocycles. The summed E-state index contributed by atoms with van der Waals surface area (Å²) >= 11 is 0. The number of aromatic hydroxyl groups is 1. The first-order chi connectivity index (χ1) is 6.09. The molecule has 0 radical (unpaired) electrons. The molecule has 0 fully saturated rings. The Balaban J connectivity index is 2.67. The lowest BCUT2D eigenvalue weighted by Gasteiger charge is -2.05. The molecule has 0 aliphatic heterocycles. The largest absolute Gasteiger partial charge is 0.508 e. The zero-order valence-electron chi connectivity index (χ0n) is 7.63. The quantitative estimate of drug-likeness (QED) is 0.750. The third-order valence-electron chi connectivity index (χ3n) is 1.91. The minimum atomic E-state index is -0.361. The van der Waals surface area contributed by atoms with Gasteiger partial charge in [0.2, 0.25) is 0 Å². The molecule has 0 spiro atoms. The van der Waals surface area contributed by atoms with E-state index in [1.807, 2.05) is 6.92 Å². The lowest BCUT2D eigenvalue weighted by atomic mass is 10.1. The smallest absolute Gasteiger partial charge is 0.130 e. The number of benzene rings is 1. The van der Waals surface area contributed by atoms with E-state index in [1.165, 1.54) is 6.07 Å². The molecule has 3 heteroatoms. The van der Waals surface area contributed by atoms with Crippen molar-refractivity contribution in [1.82, 2.24) is 0 Å². The normalized spacial score (nSPS) is 12.8. The molecule has 0 amide bonds. The number of aryl methyl sites for hydroxylation is 1. The minimum Gasteiger partial charge on any atom is -0.508 e. The van der Waals surface area contributed by atoms with E-state index in [0.717, 1.165) is 12.5 Å². The summed E-state index contributed by atoms with van der Waals surface area (Å²) in [6, 6.07) is 4.27. The molecule has 1 aromatic carbocycles. The van der Waals surface area contributed by atoms with Crippen LogP contribution in [0, 0.1) is 5.82 Å². The number of hydrogen-bond donors (Lipinski definition) is 2. The summed E-state index contributed by atoms with van der Waals surface area (Å²) in [5, 5.41) is 8.95. The second-order valence-corrected chi connectivity index (χ2v) is 3.29. The zero-order valence-corrected chi connectivity index (χ0v) is 7.63. The van der Waals surface area contributed by atoms with Gasteiger partial charge in [0, 0.05) is 12.1 Å². The molecular formula is C10H14FNO. The maximum Gasteiger partial charge on any atom is 0.130 e. The molecule has 0 unspecified atom stereocenters. The Labute approximate surface area is 77.2 Å². The van der Waals surface area contributed by atoms with Crippen molar-refractivity contribution in [2.45, 2.75) is 25.8 Å². The maximum atomic E-state index is 13.1. The van der Waals surface area contributed by atoms with E-state index in [9.17, 15) is 4.39 Å². The van der Waals surface area contributed by atoms with E-state index in [2.05, 4.69) is 0 Å². The topological polar surface area (TPSA) is 46.2 Å². The Bertz CT molecular complexity index is 286. The number of rotatable bonds is 3. The number of phenols is 1. The third-order valence-corrected chi connectivity index (χ3v) is 1.91. The fourth-order valence-corrected chi connectivity index (χ4v) is 1.12. The first-order valence-corrected chi connectivity index (χ1v) is 4.32. The van der Waals surface area contributed by atoms with Gasteiger partial charge in [0.05, 0.1) is 0 Å². The molecule has 0 saturated heterocycles. The molecule has 0 bridgehead atoms. The van der Waals surface area contributed by atoms with Crippen LogP contribution in [-0.4, -0.2) is 11.1 Å². The molecule has 1 atom stereocenters. The van der Waals surface area contributed by atoms with Gasteiger partial charge in [-0.1, -0.05) is 6.07 Å². The van der Waals surface area contributed by atoms with Crippen LogP contribution in [0.15, 0.2) is 18.2 Å². The fraction of sp³-hybridized carbons (Fsp3) is 0.400. The molecule has 0 heterocycles. The highest BCUT2D eigenvalue weighted by atomic mass is 19.1. The van der Waals surface area contributed by atoms with Crippen molar-refractivity contribution in [3.05, 3.63) is 29.6 Å². The Morgan fingerprint density at radius 3 is 2.77 bits per heavy atom. The van der Waals surface area contributed by atoms with Crippen LogP contribution in [0.1, 0.15) is 18.9 Å². The van der Waals surface area contributed by atoms with Gasteiger partial charge in [-0.3, -0.25) is 0 Å². The fourth-order valence-electron chi connectivity index (χ4n) is 1.12. The van der Waals surface area contributed by atoms with E-state index >= 15 is 0 Å². The zero-order chi connectivity index (χ0) is 9.84. The van der Waals surface area contributed by atoms with Crippen molar-refractivity contribution in [1.29, 1.82) is 0 Å². The van der Waals surface area contributed by atoms with Crippen molar-refractivity contribution in [3.8, 4) is 5.75 Å². The summed E-state index contributed by atoms with van der Waals surface area (Å²) in [4.78, 5) is 0. The van der Waals surface area contributed by atoms with Crippen LogP contribution in [-0.2, 0) is 6.42 Å². The first-order valence-electron chi connectivity index (χ1n) is 4.32. The number of nitrogens with two attached hydrogens (primary N) is 1. The standard InChI is InChI=1S/C10H14FNO/c1-7(12)2-3-8-4-5-9(13)6-10(8)11/h4-7,13H,2-3,12H2,1H3/t7-/m1/s1. The maximum absolute atomic E-state index is 13.1. The molecular weight excluding hydrogens is 169 g/mol. The van der Waals surface area contributed by atoms with Gasteiger partial charge in [0.1, 0.15) is 11.6 Å². The van der Waals surface area contributed by atoms with E-state index in [0.29, 0.717) is 12.0 Å². The van der Waals surface area contributed by atoms with Crippen LogP contribution in [0.3, 0.4) is 0 Å². The lowest BCUT2D eigenvalue weighted by molar-refractivity contribution is 0.467. The Morgan fingerprint density at radius 1 is 1.54 bits per heavy atom. The van der Waals surface area contributed by atoms with Gasteiger partial charge >= 0.3 is 0 Å². The number of phenolic OH excluding ortho intramolecular Hbond substituents is 1. The van der Waals surface area contributed by atoms with Crippen LogP contribution in [0.5, 0.6) is 5.75 Å².